The van der Waals surface area contributed by atoms with E-state index >= 15 is 0 Å². The highest BCUT2D eigenvalue weighted by Gasteiger charge is 2.41. The Morgan fingerprint density at radius 1 is 1.14 bits per heavy atom. The lowest BCUT2D eigenvalue weighted by molar-refractivity contribution is -0.143. The zero-order valence-corrected chi connectivity index (χ0v) is 13.9. The molecule has 126 valence electrons. The van der Waals surface area contributed by atoms with E-state index in [1.165, 1.54) is 6.42 Å². The number of nitrogens with zero attached hydrogens (tertiary/aromatic N) is 2. The quantitative estimate of drug-likeness (QED) is 0.773. The molecule has 0 N–H and O–H groups in total. The van der Waals surface area contributed by atoms with Gasteiger partial charge in [0.25, 0.3) is 0 Å². The summed E-state index contributed by atoms with van der Waals surface area (Å²) in [6.07, 6.45) is 4.07. The molecule has 1 amide bonds. The van der Waals surface area contributed by atoms with Gasteiger partial charge < -0.3 is 19.3 Å². The minimum atomic E-state index is 0.144. The van der Waals surface area contributed by atoms with Gasteiger partial charge in [0.2, 0.25) is 5.91 Å². The largest absolute Gasteiger partial charge is 0.381 e. The summed E-state index contributed by atoms with van der Waals surface area (Å²) in [7, 11) is 0. The summed E-state index contributed by atoms with van der Waals surface area (Å²) >= 11 is 0. The second-order valence-electron chi connectivity index (χ2n) is 7.17. The van der Waals surface area contributed by atoms with Crippen LogP contribution < -0.4 is 0 Å². The fraction of sp³-hybridized carbons (Fsp3) is 0.941. The van der Waals surface area contributed by atoms with Crippen molar-refractivity contribution in [2.75, 3.05) is 59.2 Å². The summed E-state index contributed by atoms with van der Waals surface area (Å²) in [4.78, 5) is 17.4. The number of ether oxygens (including phenoxy) is 2. The van der Waals surface area contributed by atoms with E-state index in [0.29, 0.717) is 5.91 Å². The van der Waals surface area contributed by atoms with Crippen LogP contribution >= 0.6 is 0 Å². The Morgan fingerprint density at radius 2 is 1.95 bits per heavy atom. The lowest BCUT2D eigenvalue weighted by atomic mass is 9.79. The van der Waals surface area contributed by atoms with Crippen LogP contribution in [0.3, 0.4) is 0 Å². The van der Waals surface area contributed by atoms with E-state index < -0.39 is 0 Å². The number of carbonyl (C=O) groups excluding carboxylic acids is 1. The Morgan fingerprint density at radius 3 is 2.73 bits per heavy atom. The number of piperidine rings is 1. The van der Waals surface area contributed by atoms with Crippen molar-refractivity contribution >= 4 is 5.91 Å². The van der Waals surface area contributed by atoms with E-state index in [0.717, 1.165) is 78.4 Å². The van der Waals surface area contributed by atoms with Crippen LogP contribution in [0.5, 0.6) is 0 Å². The lowest BCUT2D eigenvalue weighted by Crippen LogP contribution is -2.53. The van der Waals surface area contributed by atoms with Crippen LogP contribution in [0.4, 0.5) is 0 Å². The number of likely N-dealkylation sites (N-methyl/N-ethyl adjacent to an activating group) is 1. The minimum absolute atomic E-state index is 0.144. The summed E-state index contributed by atoms with van der Waals surface area (Å²) in [5.74, 6) is 0.535. The number of likely N-dealkylation sites (tertiary alicyclic amines) is 1. The third-order valence-corrected chi connectivity index (χ3v) is 5.51. The summed E-state index contributed by atoms with van der Waals surface area (Å²) in [6.45, 7) is 10.3. The zero-order chi connectivity index (χ0) is 15.4. The standard InChI is InChI=1S/C17H30N2O3/c1-2-18-8-11-22-14-17(12-18)6-3-7-19(13-17)16(20)15-4-9-21-10-5-15/h15H,2-14H2,1H3/t17-/m0/s1. The maximum Gasteiger partial charge on any atom is 0.225 e. The normalized spacial score (nSPS) is 32.1. The van der Waals surface area contributed by atoms with E-state index in [2.05, 4.69) is 16.7 Å². The highest BCUT2D eigenvalue weighted by atomic mass is 16.5. The van der Waals surface area contributed by atoms with Crippen molar-refractivity contribution in [2.24, 2.45) is 11.3 Å². The first kappa shape index (κ1) is 16.2. The average molecular weight is 310 g/mol. The van der Waals surface area contributed by atoms with Gasteiger partial charge in [-0.05, 0) is 32.2 Å². The fourth-order valence-electron chi connectivity index (χ4n) is 4.20. The van der Waals surface area contributed by atoms with Crippen LogP contribution in [0.1, 0.15) is 32.6 Å². The van der Waals surface area contributed by atoms with Crippen LogP contribution in [-0.4, -0.2) is 74.9 Å². The molecule has 3 aliphatic heterocycles. The molecule has 0 saturated carbocycles. The van der Waals surface area contributed by atoms with Gasteiger partial charge >= 0.3 is 0 Å². The molecule has 5 heteroatoms. The van der Waals surface area contributed by atoms with Crippen LogP contribution in [0, 0.1) is 11.3 Å². The molecule has 3 fully saturated rings. The third-order valence-electron chi connectivity index (χ3n) is 5.51. The molecule has 0 radical (unpaired) electrons. The van der Waals surface area contributed by atoms with Crippen molar-refractivity contribution in [1.82, 2.24) is 9.80 Å². The second-order valence-corrected chi connectivity index (χ2v) is 7.17. The average Bonchev–Trinajstić information content (AvgIpc) is 2.77. The van der Waals surface area contributed by atoms with Crippen LogP contribution in [0.15, 0.2) is 0 Å². The molecule has 3 heterocycles. The molecular formula is C17H30N2O3. The number of amides is 1. The van der Waals surface area contributed by atoms with Gasteiger partial charge in [0.1, 0.15) is 0 Å². The predicted molar refractivity (Wildman–Crippen MR) is 84.7 cm³/mol. The minimum Gasteiger partial charge on any atom is -0.381 e. The fourth-order valence-corrected chi connectivity index (χ4v) is 4.20. The summed E-state index contributed by atoms with van der Waals surface area (Å²) in [5.41, 5.74) is 0.144. The Bertz CT molecular complexity index is 384. The van der Waals surface area contributed by atoms with Crippen molar-refractivity contribution in [2.45, 2.75) is 32.6 Å². The lowest BCUT2D eigenvalue weighted by Gasteiger charge is -2.44. The van der Waals surface area contributed by atoms with E-state index in [1.54, 1.807) is 0 Å². The molecule has 22 heavy (non-hydrogen) atoms. The number of carbonyl (C=O) groups is 1. The molecule has 0 unspecified atom stereocenters. The summed E-state index contributed by atoms with van der Waals surface area (Å²) < 4.78 is 11.3. The highest BCUT2D eigenvalue weighted by Crippen LogP contribution is 2.34. The first-order chi connectivity index (χ1) is 10.7. The van der Waals surface area contributed by atoms with E-state index in [9.17, 15) is 4.79 Å². The van der Waals surface area contributed by atoms with Gasteiger partial charge in [0, 0.05) is 50.7 Å². The van der Waals surface area contributed by atoms with Crippen molar-refractivity contribution < 1.29 is 14.3 Å². The Labute approximate surface area is 133 Å². The van der Waals surface area contributed by atoms with E-state index in [4.69, 9.17) is 9.47 Å². The molecule has 0 aromatic heterocycles. The van der Waals surface area contributed by atoms with Gasteiger partial charge in [0.05, 0.1) is 13.2 Å². The number of hydrogen-bond acceptors (Lipinski definition) is 4. The van der Waals surface area contributed by atoms with Gasteiger partial charge in [0.15, 0.2) is 0 Å². The number of hydrogen-bond donors (Lipinski definition) is 0. The zero-order valence-electron chi connectivity index (χ0n) is 13.9. The van der Waals surface area contributed by atoms with Gasteiger partial charge in [-0.25, -0.2) is 0 Å². The molecule has 0 bridgehead atoms. The summed E-state index contributed by atoms with van der Waals surface area (Å²) in [6, 6.07) is 0. The van der Waals surface area contributed by atoms with Gasteiger partial charge in [-0.15, -0.1) is 0 Å². The molecule has 3 aliphatic rings. The maximum atomic E-state index is 12.8. The topological polar surface area (TPSA) is 42.0 Å². The molecule has 1 spiro atoms. The first-order valence-corrected chi connectivity index (χ1v) is 8.89. The van der Waals surface area contributed by atoms with Crippen LogP contribution in [0.2, 0.25) is 0 Å². The molecule has 0 aliphatic carbocycles. The molecule has 3 rings (SSSR count). The Hall–Kier alpha value is -0.650. The second kappa shape index (κ2) is 7.28. The van der Waals surface area contributed by atoms with Gasteiger partial charge in [-0.3, -0.25) is 4.79 Å². The molecule has 3 saturated heterocycles. The van der Waals surface area contributed by atoms with Gasteiger partial charge in [-0.1, -0.05) is 6.92 Å². The van der Waals surface area contributed by atoms with E-state index in [1.807, 2.05) is 0 Å². The third kappa shape index (κ3) is 3.63. The maximum absolute atomic E-state index is 12.8. The number of rotatable bonds is 2. The molecule has 0 aromatic rings. The van der Waals surface area contributed by atoms with Crippen LogP contribution in [-0.2, 0) is 14.3 Å². The Balaban J connectivity index is 1.65. The molecule has 0 aromatic carbocycles. The van der Waals surface area contributed by atoms with Crippen molar-refractivity contribution in [3.63, 3.8) is 0 Å². The van der Waals surface area contributed by atoms with Crippen LogP contribution in [0.25, 0.3) is 0 Å². The summed E-state index contributed by atoms with van der Waals surface area (Å²) in [5, 5.41) is 0. The SMILES string of the molecule is CCN1CCOC[C@@]2(CCCN(C(=O)C3CCOCC3)C2)C1. The molecule has 5 nitrogen and oxygen atoms in total. The highest BCUT2D eigenvalue weighted by molar-refractivity contribution is 5.79. The molecular weight excluding hydrogens is 280 g/mol. The van der Waals surface area contributed by atoms with Gasteiger partial charge in [-0.2, -0.15) is 0 Å². The monoisotopic (exact) mass is 310 g/mol. The smallest absolute Gasteiger partial charge is 0.225 e. The Kier molecular flexibility index (Phi) is 5.37. The van der Waals surface area contributed by atoms with E-state index in [-0.39, 0.29) is 11.3 Å². The molecule has 1 atom stereocenters. The van der Waals surface area contributed by atoms with Crippen molar-refractivity contribution in [3.05, 3.63) is 0 Å². The van der Waals surface area contributed by atoms with Crippen molar-refractivity contribution in [3.8, 4) is 0 Å². The van der Waals surface area contributed by atoms with Crippen molar-refractivity contribution in [1.29, 1.82) is 0 Å². The first-order valence-electron chi connectivity index (χ1n) is 8.89. The predicted octanol–water partition coefficient (Wildman–Crippen LogP) is 1.37.